The van der Waals surface area contributed by atoms with Crippen LogP contribution in [0.1, 0.15) is 0 Å². The molecule has 0 radical (unpaired) electrons. The number of aliphatic hydroxyl groups is 1. The number of carbonyl (C=O) groups is 1. The Bertz CT molecular complexity index is 198. The molecule has 13 heavy (non-hydrogen) atoms. The first-order chi connectivity index (χ1) is 5.44. The van der Waals surface area contributed by atoms with Crippen molar-refractivity contribution in [1.82, 2.24) is 0 Å². The molecule has 0 aromatic rings. The monoisotopic (exact) mass is 219 g/mol. The molecule has 0 aliphatic heterocycles. The molecule has 0 fully saturated rings. The van der Waals surface area contributed by atoms with Crippen molar-refractivity contribution in [2.24, 2.45) is 0 Å². The fraction of sp³-hybridized carbons (Fsp3) is 0.875. The van der Waals surface area contributed by atoms with E-state index in [9.17, 15) is 15.0 Å². The second-order valence-electron chi connectivity index (χ2n) is 5.50. The summed E-state index contributed by atoms with van der Waals surface area (Å²) in [4.78, 5) is 9.48. The summed E-state index contributed by atoms with van der Waals surface area (Å²) in [5.74, 6) is -1.29. The Kier molecular flexibility index (Phi) is 3.18. The summed E-state index contributed by atoms with van der Waals surface area (Å²) in [6.07, 6.45) is 0. The van der Waals surface area contributed by atoms with Gasteiger partial charge in [0.2, 0.25) is 0 Å². The lowest BCUT2D eigenvalue weighted by Crippen LogP contribution is -2.74. The molecule has 0 aliphatic carbocycles. The van der Waals surface area contributed by atoms with Crippen LogP contribution in [-0.2, 0) is 4.79 Å². The van der Waals surface area contributed by atoms with Crippen LogP contribution < -0.4 is 5.11 Å². The van der Waals surface area contributed by atoms with Gasteiger partial charge in [-0.3, -0.25) is 0 Å². The van der Waals surface area contributed by atoms with E-state index in [-0.39, 0.29) is 0 Å². The van der Waals surface area contributed by atoms with Crippen LogP contribution in [0.4, 0.5) is 0 Å². The maximum absolute atomic E-state index is 11.0. The standard InChI is InChI=1S/C8H20O3Si2/c1-12(2,3)8(11,7(9)10)13(4,5)6/h11H,1-6H3,(H,9,10)/p-1. The van der Waals surface area contributed by atoms with Crippen LogP contribution in [0.5, 0.6) is 0 Å². The second kappa shape index (κ2) is 3.22. The molecule has 1 N–H and O–H groups in total. The third-order valence-electron chi connectivity index (χ3n) is 2.47. The molecule has 0 spiro atoms. The number of hydrogen-bond donors (Lipinski definition) is 1. The third-order valence-corrected chi connectivity index (χ3v) is 11.7. The van der Waals surface area contributed by atoms with Crippen LogP contribution in [0.3, 0.4) is 0 Å². The van der Waals surface area contributed by atoms with Crippen LogP contribution in [0.2, 0.25) is 39.3 Å². The van der Waals surface area contributed by atoms with Gasteiger partial charge in [0, 0.05) is 0 Å². The first kappa shape index (κ1) is 12.9. The molecule has 0 heterocycles. The van der Waals surface area contributed by atoms with Gasteiger partial charge in [0.05, 0.1) is 27.0 Å². The molecular weight excluding hydrogens is 200 g/mol. The predicted octanol–water partition coefficient (Wildman–Crippen LogP) is 0.222. The SMILES string of the molecule is C[Si](C)(C)C(O)(C(=O)[O-])[Si](C)(C)C. The maximum Gasteiger partial charge on any atom is 0.0851 e. The Labute approximate surface area is 81.8 Å². The van der Waals surface area contributed by atoms with Gasteiger partial charge in [0.15, 0.2) is 0 Å². The Morgan fingerprint density at radius 3 is 1.31 bits per heavy atom. The lowest BCUT2D eigenvalue weighted by atomic mass is 10.7. The minimum atomic E-state index is -2.15. The Hall–Kier alpha value is -0.136. The van der Waals surface area contributed by atoms with Crippen LogP contribution in [-0.4, -0.2) is 32.1 Å². The van der Waals surface area contributed by atoms with Gasteiger partial charge in [-0.1, -0.05) is 39.3 Å². The fourth-order valence-electron chi connectivity index (χ4n) is 1.74. The van der Waals surface area contributed by atoms with Crippen LogP contribution in [0.15, 0.2) is 0 Å². The molecule has 5 heteroatoms. The highest BCUT2D eigenvalue weighted by molar-refractivity contribution is 7.01. The summed E-state index contributed by atoms with van der Waals surface area (Å²) in [6, 6.07) is 0. The molecule has 3 nitrogen and oxygen atoms in total. The van der Waals surface area contributed by atoms with E-state index in [4.69, 9.17) is 0 Å². The molecule has 0 aromatic heterocycles. The minimum Gasteiger partial charge on any atom is -0.548 e. The van der Waals surface area contributed by atoms with Gasteiger partial charge in [-0.25, -0.2) is 0 Å². The topological polar surface area (TPSA) is 60.4 Å². The van der Waals surface area contributed by atoms with Gasteiger partial charge in [0.1, 0.15) is 0 Å². The molecule has 0 aliphatic rings. The second-order valence-corrected chi connectivity index (χ2v) is 16.4. The molecule has 0 atom stereocenters. The Morgan fingerprint density at radius 2 is 1.31 bits per heavy atom. The summed E-state index contributed by atoms with van der Waals surface area (Å²) in [5, 5.41) is 21.2. The van der Waals surface area contributed by atoms with Crippen molar-refractivity contribution in [2.45, 2.75) is 44.1 Å². The number of carbonyl (C=O) groups excluding carboxylic acids is 1. The highest BCUT2D eigenvalue weighted by atomic mass is 28.4. The van der Waals surface area contributed by atoms with E-state index in [0.29, 0.717) is 0 Å². The molecular formula is C8H19O3Si2-. The predicted molar refractivity (Wildman–Crippen MR) is 56.6 cm³/mol. The van der Waals surface area contributed by atoms with E-state index < -0.39 is 27.0 Å². The van der Waals surface area contributed by atoms with E-state index in [1.54, 1.807) is 0 Å². The minimum absolute atomic E-state index is 1.29. The molecule has 0 amide bonds. The van der Waals surface area contributed by atoms with Crippen molar-refractivity contribution >= 4 is 22.1 Å². The molecule has 0 rings (SSSR count). The summed E-state index contributed by atoms with van der Waals surface area (Å²) in [6.45, 7) is 11.2. The van der Waals surface area contributed by atoms with Gasteiger partial charge >= 0.3 is 0 Å². The van der Waals surface area contributed by atoms with Crippen molar-refractivity contribution < 1.29 is 15.0 Å². The normalized spacial score (nSPS) is 14.4. The number of carboxylic acid groups (broad SMARTS) is 1. The van der Waals surface area contributed by atoms with Crippen LogP contribution in [0.25, 0.3) is 0 Å². The lowest BCUT2D eigenvalue weighted by molar-refractivity contribution is -0.314. The molecule has 0 unspecified atom stereocenters. The van der Waals surface area contributed by atoms with E-state index >= 15 is 0 Å². The van der Waals surface area contributed by atoms with Crippen LogP contribution in [0, 0.1) is 0 Å². The van der Waals surface area contributed by atoms with Gasteiger partial charge in [-0.05, 0) is 0 Å². The van der Waals surface area contributed by atoms with Crippen molar-refractivity contribution in [3.8, 4) is 0 Å². The average molecular weight is 219 g/mol. The van der Waals surface area contributed by atoms with Crippen molar-refractivity contribution in [3.63, 3.8) is 0 Å². The molecule has 0 saturated heterocycles. The number of hydrogen-bond acceptors (Lipinski definition) is 3. The average Bonchev–Trinajstić information content (AvgIpc) is 1.80. The summed E-state index contributed by atoms with van der Waals surface area (Å²) >= 11 is 0. The Morgan fingerprint density at radius 1 is 1.08 bits per heavy atom. The first-order valence-electron chi connectivity index (χ1n) is 4.38. The highest BCUT2D eigenvalue weighted by Crippen LogP contribution is 2.30. The van der Waals surface area contributed by atoms with E-state index in [2.05, 4.69) is 0 Å². The van der Waals surface area contributed by atoms with Crippen molar-refractivity contribution in [3.05, 3.63) is 0 Å². The summed E-state index contributed by atoms with van der Waals surface area (Å²) in [5.41, 5.74) is 0. The Balaban J connectivity index is 5.35. The quantitative estimate of drug-likeness (QED) is 0.691. The summed E-state index contributed by atoms with van der Waals surface area (Å²) < 4.78 is 0. The molecule has 0 saturated carbocycles. The van der Waals surface area contributed by atoms with E-state index in [1.807, 2.05) is 39.3 Å². The fourth-order valence-corrected chi connectivity index (χ4v) is 12.0. The van der Waals surface area contributed by atoms with E-state index in [0.717, 1.165) is 0 Å². The largest absolute Gasteiger partial charge is 0.548 e. The summed E-state index contributed by atoms with van der Waals surface area (Å²) in [7, 11) is -4.31. The zero-order valence-corrected chi connectivity index (χ0v) is 11.3. The van der Waals surface area contributed by atoms with Crippen molar-refractivity contribution in [1.29, 1.82) is 0 Å². The maximum atomic E-state index is 11.0. The molecule has 78 valence electrons. The number of rotatable bonds is 3. The first-order valence-corrected chi connectivity index (χ1v) is 11.4. The molecule has 0 bridgehead atoms. The van der Waals surface area contributed by atoms with Crippen LogP contribution >= 0.6 is 0 Å². The van der Waals surface area contributed by atoms with E-state index in [1.165, 1.54) is 0 Å². The third kappa shape index (κ3) is 2.03. The van der Waals surface area contributed by atoms with Gasteiger partial charge in [-0.15, -0.1) is 0 Å². The van der Waals surface area contributed by atoms with Gasteiger partial charge < -0.3 is 15.0 Å². The smallest absolute Gasteiger partial charge is 0.0851 e. The zero-order chi connectivity index (χ0) is 11.1. The zero-order valence-electron chi connectivity index (χ0n) is 9.26. The number of carboxylic acids is 1. The molecule has 0 aromatic carbocycles. The van der Waals surface area contributed by atoms with Gasteiger partial charge in [0.25, 0.3) is 0 Å². The lowest BCUT2D eigenvalue weighted by Gasteiger charge is -2.48. The van der Waals surface area contributed by atoms with Crippen molar-refractivity contribution in [2.75, 3.05) is 0 Å². The highest BCUT2D eigenvalue weighted by Gasteiger charge is 2.52. The number of aliphatic carboxylic acids is 1. The van der Waals surface area contributed by atoms with Gasteiger partial charge in [-0.2, -0.15) is 0 Å².